The summed E-state index contributed by atoms with van der Waals surface area (Å²) in [5.41, 5.74) is 1.87. The third kappa shape index (κ3) is 6.33. The van der Waals surface area contributed by atoms with Crippen LogP contribution in [0.1, 0.15) is 49.3 Å². The number of aromatic nitrogens is 2. The molecule has 2 N–H and O–H groups in total. The van der Waals surface area contributed by atoms with Crippen molar-refractivity contribution in [1.29, 1.82) is 0 Å². The zero-order valence-electron chi connectivity index (χ0n) is 20.3. The Morgan fingerprint density at radius 2 is 2.00 bits per heavy atom. The number of piperidine rings is 1. The molecule has 1 aromatic carbocycles. The highest BCUT2D eigenvalue weighted by Crippen LogP contribution is 2.43. The molecule has 0 saturated carbocycles. The molecular formula is C28H30ClN3O4. The first-order valence-electron chi connectivity index (χ1n) is 12.0. The smallest absolute Gasteiger partial charge is 0.303 e. The molecule has 0 bridgehead atoms. The van der Waals surface area contributed by atoms with Crippen molar-refractivity contribution in [3.8, 4) is 17.6 Å². The van der Waals surface area contributed by atoms with Gasteiger partial charge in [0.15, 0.2) is 0 Å². The number of benzene rings is 1. The van der Waals surface area contributed by atoms with Crippen LogP contribution in [0.3, 0.4) is 0 Å². The van der Waals surface area contributed by atoms with Crippen molar-refractivity contribution in [2.75, 3.05) is 26.7 Å². The fourth-order valence-electron chi connectivity index (χ4n) is 4.93. The summed E-state index contributed by atoms with van der Waals surface area (Å²) in [5, 5.41) is 22.0. The zero-order chi connectivity index (χ0) is 25.5. The van der Waals surface area contributed by atoms with Gasteiger partial charge in [-0.25, -0.2) is 0 Å². The Morgan fingerprint density at radius 3 is 2.69 bits per heavy atom. The van der Waals surface area contributed by atoms with Crippen LogP contribution in [0.5, 0.6) is 5.75 Å². The van der Waals surface area contributed by atoms with E-state index < -0.39 is 12.1 Å². The number of pyridine rings is 2. The molecule has 36 heavy (non-hydrogen) atoms. The van der Waals surface area contributed by atoms with Gasteiger partial charge < -0.3 is 14.9 Å². The quantitative estimate of drug-likeness (QED) is 0.426. The fourth-order valence-corrected chi connectivity index (χ4v) is 5.21. The molecule has 0 spiro atoms. The van der Waals surface area contributed by atoms with Crippen LogP contribution in [-0.4, -0.2) is 57.8 Å². The average Bonchev–Trinajstić information content (AvgIpc) is 2.88. The van der Waals surface area contributed by atoms with Crippen LogP contribution in [0, 0.1) is 17.3 Å². The summed E-state index contributed by atoms with van der Waals surface area (Å²) < 4.78 is 5.34. The summed E-state index contributed by atoms with van der Waals surface area (Å²) in [6, 6.07) is 9.23. The number of carbonyl (C=O) groups is 1. The van der Waals surface area contributed by atoms with E-state index in [0.717, 1.165) is 42.4 Å². The van der Waals surface area contributed by atoms with Crippen LogP contribution in [0.2, 0.25) is 5.02 Å². The van der Waals surface area contributed by atoms with Gasteiger partial charge in [0, 0.05) is 35.1 Å². The SMILES string of the molecule is COc1ccc2ncc(Cl)c(C(O)CCC3(CC(=O)O)CCN(CC#Cc4ccncc4)CC3)c2c1. The van der Waals surface area contributed by atoms with Crippen LogP contribution in [0.4, 0.5) is 0 Å². The molecule has 188 valence electrons. The van der Waals surface area contributed by atoms with E-state index in [0.29, 0.717) is 35.7 Å². The number of methoxy groups -OCH3 is 1. The maximum absolute atomic E-state index is 11.8. The van der Waals surface area contributed by atoms with Gasteiger partial charge in [-0.15, -0.1) is 0 Å². The van der Waals surface area contributed by atoms with E-state index in [4.69, 9.17) is 16.3 Å². The number of rotatable bonds is 8. The standard InChI is InChI=1S/C28H30ClN3O4/c1-36-21-4-5-24-22(17-21)27(23(29)19-31-24)25(33)6-9-28(18-26(34)35)10-15-32(16-11-28)14-2-3-20-7-12-30-13-8-20/h4-5,7-8,12-13,17,19,25,33H,6,9-11,14-16,18H2,1H3,(H,34,35). The Labute approximate surface area is 216 Å². The van der Waals surface area contributed by atoms with Gasteiger partial charge in [0.1, 0.15) is 5.75 Å². The summed E-state index contributed by atoms with van der Waals surface area (Å²) >= 11 is 6.47. The summed E-state index contributed by atoms with van der Waals surface area (Å²) in [6.45, 7) is 2.17. The molecule has 7 nitrogen and oxygen atoms in total. The van der Waals surface area contributed by atoms with E-state index in [-0.39, 0.29) is 11.8 Å². The highest BCUT2D eigenvalue weighted by molar-refractivity contribution is 6.32. The van der Waals surface area contributed by atoms with Gasteiger partial charge in [-0.1, -0.05) is 23.4 Å². The van der Waals surface area contributed by atoms with Crippen molar-refractivity contribution in [3.63, 3.8) is 0 Å². The third-order valence-corrected chi connectivity index (χ3v) is 7.31. The second kappa shape index (κ2) is 11.7. The number of hydrogen-bond acceptors (Lipinski definition) is 6. The van der Waals surface area contributed by atoms with Gasteiger partial charge >= 0.3 is 5.97 Å². The van der Waals surface area contributed by atoms with E-state index in [1.165, 1.54) is 0 Å². The molecule has 0 radical (unpaired) electrons. The van der Waals surface area contributed by atoms with Crippen LogP contribution < -0.4 is 4.74 Å². The van der Waals surface area contributed by atoms with Crippen LogP contribution in [-0.2, 0) is 4.79 Å². The Bertz CT molecular complexity index is 1260. The first kappa shape index (κ1) is 25.9. The van der Waals surface area contributed by atoms with Crippen molar-refractivity contribution in [2.24, 2.45) is 5.41 Å². The Hall–Kier alpha value is -3.18. The molecule has 0 aliphatic carbocycles. The second-order valence-corrected chi connectivity index (χ2v) is 9.75. The minimum absolute atomic E-state index is 0.0783. The molecule has 1 unspecified atom stereocenters. The number of carboxylic acids is 1. The zero-order valence-corrected chi connectivity index (χ0v) is 21.0. The van der Waals surface area contributed by atoms with Crippen LogP contribution in [0.15, 0.2) is 48.9 Å². The van der Waals surface area contributed by atoms with Crippen molar-refractivity contribution < 1.29 is 19.7 Å². The van der Waals surface area contributed by atoms with E-state index in [1.54, 1.807) is 25.7 Å². The van der Waals surface area contributed by atoms with E-state index in [2.05, 4.69) is 26.7 Å². The molecule has 3 aromatic rings. The number of aliphatic hydroxyl groups excluding tert-OH is 1. The van der Waals surface area contributed by atoms with Gasteiger partial charge in [-0.05, 0) is 74.5 Å². The molecule has 0 amide bonds. The van der Waals surface area contributed by atoms with Gasteiger partial charge in [0.05, 0.1) is 36.7 Å². The topological polar surface area (TPSA) is 95.8 Å². The highest BCUT2D eigenvalue weighted by Gasteiger charge is 2.37. The second-order valence-electron chi connectivity index (χ2n) is 9.34. The molecule has 4 rings (SSSR count). The normalized spacial score (nSPS) is 16.2. The maximum atomic E-state index is 11.8. The number of carboxylic acid groups (broad SMARTS) is 1. The number of halogens is 1. The Kier molecular flexibility index (Phi) is 8.42. The minimum Gasteiger partial charge on any atom is -0.497 e. The summed E-state index contributed by atoms with van der Waals surface area (Å²) in [7, 11) is 1.59. The lowest BCUT2D eigenvalue weighted by Gasteiger charge is -2.41. The lowest BCUT2D eigenvalue weighted by Crippen LogP contribution is -2.41. The lowest BCUT2D eigenvalue weighted by molar-refractivity contribution is -0.141. The largest absolute Gasteiger partial charge is 0.497 e. The van der Waals surface area contributed by atoms with E-state index in [9.17, 15) is 15.0 Å². The lowest BCUT2D eigenvalue weighted by atomic mass is 9.71. The predicted octanol–water partition coefficient (Wildman–Crippen LogP) is 4.71. The third-order valence-electron chi connectivity index (χ3n) is 7.01. The molecule has 1 fully saturated rings. The molecule has 1 saturated heterocycles. The van der Waals surface area contributed by atoms with Crippen LogP contribution in [0.25, 0.3) is 10.9 Å². The molecule has 2 aromatic heterocycles. The van der Waals surface area contributed by atoms with Gasteiger partial charge in [-0.3, -0.25) is 19.7 Å². The maximum Gasteiger partial charge on any atom is 0.303 e. The monoisotopic (exact) mass is 507 g/mol. The molecule has 3 heterocycles. The summed E-state index contributed by atoms with van der Waals surface area (Å²) in [4.78, 5) is 22.4. The summed E-state index contributed by atoms with van der Waals surface area (Å²) in [5.74, 6) is 6.19. The molecular weight excluding hydrogens is 478 g/mol. The number of hydrogen-bond donors (Lipinski definition) is 2. The predicted molar refractivity (Wildman–Crippen MR) is 139 cm³/mol. The van der Waals surface area contributed by atoms with Gasteiger partial charge in [0.2, 0.25) is 0 Å². The highest BCUT2D eigenvalue weighted by atomic mass is 35.5. The molecule has 1 aliphatic heterocycles. The van der Waals surface area contributed by atoms with Gasteiger partial charge in [0.25, 0.3) is 0 Å². The number of fused-ring (bicyclic) bond motifs is 1. The van der Waals surface area contributed by atoms with Crippen molar-refractivity contribution in [2.45, 2.75) is 38.2 Å². The molecule has 1 aliphatic rings. The average molecular weight is 508 g/mol. The Balaban J connectivity index is 1.43. The minimum atomic E-state index is -0.843. The van der Waals surface area contributed by atoms with Gasteiger partial charge in [-0.2, -0.15) is 0 Å². The number of nitrogens with zero attached hydrogens (tertiary/aromatic N) is 3. The molecule has 1 atom stereocenters. The van der Waals surface area contributed by atoms with Crippen molar-refractivity contribution in [3.05, 3.63) is 65.1 Å². The number of likely N-dealkylation sites (tertiary alicyclic amines) is 1. The first-order valence-corrected chi connectivity index (χ1v) is 12.4. The van der Waals surface area contributed by atoms with Crippen molar-refractivity contribution >= 4 is 28.5 Å². The first-order chi connectivity index (χ1) is 17.4. The fraction of sp³-hybridized carbons (Fsp3) is 0.393. The van der Waals surface area contributed by atoms with E-state index in [1.807, 2.05) is 30.3 Å². The number of aliphatic carboxylic acids is 1. The molecule has 8 heteroatoms. The van der Waals surface area contributed by atoms with E-state index >= 15 is 0 Å². The van der Waals surface area contributed by atoms with Crippen LogP contribution >= 0.6 is 11.6 Å². The van der Waals surface area contributed by atoms with Crippen molar-refractivity contribution in [1.82, 2.24) is 14.9 Å². The summed E-state index contributed by atoms with van der Waals surface area (Å²) in [6.07, 6.45) is 6.69. The Morgan fingerprint density at radius 1 is 1.25 bits per heavy atom. The number of ether oxygens (including phenoxy) is 1. The number of aliphatic hydroxyl groups is 1.